The van der Waals surface area contributed by atoms with Gasteiger partial charge in [-0.1, -0.05) is 20.8 Å². The number of nitrogens with zero attached hydrogens (tertiary/aromatic N) is 1. The van der Waals surface area contributed by atoms with Crippen LogP contribution in [0.15, 0.2) is 18.2 Å². The Morgan fingerprint density at radius 3 is 2.53 bits per heavy atom. The van der Waals surface area contributed by atoms with Gasteiger partial charge in [0, 0.05) is 23.1 Å². The van der Waals surface area contributed by atoms with Crippen molar-refractivity contribution < 1.29 is 9.66 Å². The summed E-state index contributed by atoms with van der Waals surface area (Å²) >= 11 is 6.33. The van der Waals surface area contributed by atoms with Gasteiger partial charge in [0.25, 0.3) is 5.69 Å². The van der Waals surface area contributed by atoms with Crippen LogP contribution in [0.1, 0.15) is 32.8 Å². The summed E-state index contributed by atoms with van der Waals surface area (Å²) in [6, 6.07) is 4.64. The zero-order chi connectivity index (χ0) is 14.6. The van der Waals surface area contributed by atoms with E-state index in [2.05, 4.69) is 20.8 Å². The van der Waals surface area contributed by atoms with Crippen molar-refractivity contribution in [2.75, 3.05) is 7.11 Å². The van der Waals surface area contributed by atoms with E-state index in [0.717, 1.165) is 12.0 Å². The second-order valence-corrected chi connectivity index (χ2v) is 6.15. The Kier molecular flexibility index (Phi) is 5.18. The molecule has 1 aromatic carbocycles. The molecule has 0 amide bonds. The molecule has 0 aliphatic rings. The summed E-state index contributed by atoms with van der Waals surface area (Å²) in [5.41, 5.74) is 0.916. The molecule has 1 aromatic rings. The largest absolute Gasteiger partial charge is 0.496 e. The lowest BCUT2D eigenvalue weighted by Gasteiger charge is -2.25. The average Bonchev–Trinajstić information content (AvgIpc) is 2.34. The van der Waals surface area contributed by atoms with E-state index >= 15 is 0 Å². The molecule has 0 heterocycles. The summed E-state index contributed by atoms with van der Waals surface area (Å²) < 4.78 is 5.23. The predicted molar refractivity (Wildman–Crippen MR) is 77.1 cm³/mol. The molecule has 1 unspecified atom stereocenters. The standard InChI is InChI=1S/C14H20ClNO3/c1-14(2,3)13(15)8-5-10-9-11(16(17)18)6-7-12(10)19-4/h6-7,9,13H,5,8H2,1-4H3. The zero-order valence-corrected chi connectivity index (χ0v) is 12.5. The van der Waals surface area contributed by atoms with Crippen LogP contribution in [0.3, 0.4) is 0 Å². The van der Waals surface area contributed by atoms with Crippen LogP contribution in [0, 0.1) is 15.5 Å². The van der Waals surface area contributed by atoms with Gasteiger partial charge in [-0.3, -0.25) is 10.1 Å². The Morgan fingerprint density at radius 1 is 1.42 bits per heavy atom. The van der Waals surface area contributed by atoms with Crippen molar-refractivity contribution >= 4 is 17.3 Å². The minimum Gasteiger partial charge on any atom is -0.496 e. The molecule has 0 aliphatic carbocycles. The molecule has 5 heteroatoms. The second kappa shape index (κ2) is 6.24. The fourth-order valence-corrected chi connectivity index (χ4v) is 1.90. The molecule has 1 atom stereocenters. The molecular formula is C14H20ClNO3. The van der Waals surface area contributed by atoms with Gasteiger partial charge >= 0.3 is 0 Å². The van der Waals surface area contributed by atoms with Crippen LogP contribution in [0.2, 0.25) is 0 Å². The lowest BCUT2D eigenvalue weighted by molar-refractivity contribution is -0.384. The van der Waals surface area contributed by atoms with E-state index in [4.69, 9.17) is 16.3 Å². The van der Waals surface area contributed by atoms with E-state index in [1.165, 1.54) is 6.07 Å². The SMILES string of the molecule is COc1ccc([N+](=O)[O-])cc1CCC(Cl)C(C)(C)C. The van der Waals surface area contributed by atoms with E-state index in [9.17, 15) is 10.1 Å². The number of alkyl halides is 1. The normalized spacial score (nSPS) is 13.1. The summed E-state index contributed by atoms with van der Waals surface area (Å²) in [5, 5.41) is 10.8. The number of benzene rings is 1. The summed E-state index contributed by atoms with van der Waals surface area (Å²) in [6.45, 7) is 6.24. The van der Waals surface area contributed by atoms with Crippen molar-refractivity contribution in [3.8, 4) is 5.75 Å². The first-order valence-electron chi connectivity index (χ1n) is 6.21. The number of nitro groups is 1. The molecule has 0 radical (unpaired) electrons. The quantitative estimate of drug-likeness (QED) is 0.463. The van der Waals surface area contributed by atoms with Gasteiger partial charge in [-0.25, -0.2) is 0 Å². The van der Waals surface area contributed by atoms with Gasteiger partial charge < -0.3 is 4.74 Å². The third-order valence-corrected chi connectivity index (χ3v) is 3.95. The summed E-state index contributed by atoms with van der Waals surface area (Å²) in [4.78, 5) is 10.4. The number of hydrogen-bond donors (Lipinski definition) is 0. The summed E-state index contributed by atoms with van der Waals surface area (Å²) in [5.74, 6) is 0.670. The molecule has 0 saturated heterocycles. The number of halogens is 1. The van der Waals surface area contributed by atoms with E-state index in [1.54, 1.807) is 19.2 Å². The Balaban J connectivity index is 2.87. The number of non-ortho nitro benzene ring substituents is 1. The fourth-order valence-electron chi connectivity index (χ4n) is 1.79. The highest BCUT2D eigenvalue weighted by molar-refractivity contribution is 6.21. The highest BCUT2D eigenvalue weighted by Gasteiger charge is 2.22. The van der Waals surface area contributed by atoms with Crippen molar-refractivity contribution in [2.45, 2.75) is 39.0 Å². The van der Waals surface area contributed by atoms with E-state index < -0.39 is 4.92 Å². The molecule has 0 aromatic heterocycles. The highest BCUT2D eigenvalue weighted by Crippen LogP contribution is 2.31. The van der Waals surface area contributed by atoms with Crippen LogP contribution in [-0.2, 0) is 6.42 Å². The van der Waals surface area contributed by atoms with Gasteiger partial charge in [-0.2, -0.15) is 0 Å². The third kappa shape index (κ3) is 4.39. The van der Waals surface area contributed by atoms with Gasteiger partial charge in [0.05, 0.1) is 12.0 Å². The third-order valence-electron chi connectivity index (χ3n) is 3.08. The lowest BCUT2D eigenvalue weighted by atomic mass is 9.88. The van der Waals surface area contributed by atoms with Crippen molar-refractivity contribution in [3.63, 3.8) is 0 Å². The Bertz CT molecular complexity index is 454. The molecule has 0 N–H and O–H groups in total. The fraction of sp³-hybridized carbons (Fsp3) is 0.571. The molecule has 19 heavy (non-hydrogen) atoms. The number of nitro benzene ring substituents is 1. The maximum absolute atomic E-state index is 10.8. The van der Waals surface area contributed by atoms with Crippen LogP contribution < -0.4 is 4.74 Å². The molecule has 106 valence electrons. The smallest absolute Gasteiger partial charge is 0.269 e. The topological polar surface area (TPSA) is 52.4 Å². The Morgan fingerprint density at radius 2 is 2.05 bits per heavy atom. The van der Waals surface area contributed by atoms with Crippen LogP contribution in [0.25, 0.3) is 0 Å². The molecule has 0 fully saturated rings. The van der Waals surface area contributed by atoms with Crippen LogP contribution in [0.4, 0.5) is 5.69 Å². The monoisotopic (exact) mass is 285 g/mol. The van der Waals surface area contributed by atoms with Crippen molar-refractivity contribution in [2.24, 2.45) is 5.41 Å². The van der Waals surface area contributed by atoms with Crippen LogP contribution in [-0.4, -0.2) is 17.4 Å². The first-order valence-corrected chi connectivity index (χ1v) is 6.64. The number of ether oxygens (including phenoxy) is 1. The highest BCUT2D eigenvalue weighted by atomic mass is 35.5. The first-order chi connectivity index (χ1) is 8.75. The number of methoxy groups -OCH3 is 1. The molecule has 0 aliphatic heterocycles. The number of hydrogen-bond acceptors (Lipinski definition) is 3. The average molecular weight is 286 g/mol. The van der Waals surface area contributed by atoms with E-state index in [1.807, 2.05) is 0 Å². The van der Waals surface area contributed by atoms with Crippen LogP contribution in [0.5, 0.6) is 5.75 Å². The maximum atomic E-state index is 10.8. The lowest BCUT2D eigenvalue weighted by Crippen LogP contribution is -2.21. The maximum Gasteiger partial charge on any atom is 0.269 e. The molecule has 0 bridgehead atoms. The summed E-state index contributed by atoms with van der Waals surface area (Å²) in [7, 11) is 1.56. The molecule has 4 nitrogen and oxygen atoms in total. The van der Waals surface area contributed by atoms with E-state index in [0.29, 0.717) is 12.2 Å². The molecule has 0 spiro atoms. The van der Waals surface area contributed by atoms with Gasteiger partial charge in [-0.05, 0) is 24.3 Å². The van der Waals surface area contributed by atoms with Crippen molar-refractivity contribution in [3.05, 3.63) is 33.9 Å². The predicted octanol–water partition coefficient (Wildman–Crippen LogP) is 4.19. The van der Waals surface area contributed by atoms with Gasteiger partial charge in [0.1, 0.15) is 5.75 Å². The minimum absolute atomic E-state index is 0.00943. The first kappa shape index (κ1) is 15.8. The molecular weight excluding hydrogens is 266 g/mol. The minimum atomic E-state index is -0.398. The Labute approximate surface area is 118 Å². The summed E-state index contributed by atoms with van der Waals surface area (Å²) in [6.07, 6.45) is 1.42. The van der Waals surface area contributed by atoms with Gasteiger partial charge in [0.2, 0.25) is 0 Å². The van der Waals surface area contributed by atoms with Gasteiger partial charge in [0.15, 0.2) is 0 Å². The Hall–Kier alpha value is -1.29. The zero-order valence-electron chi connectivity index (χ0n) is 11.8. The van der Waals surface area contributed by atoms with Crippen molar-refractivity contribution in [1.29, 1.82) is 0 Å². The number of aryl methyl sites for hydroxylation is 1. The van der Waals surface area contributed by atoms with Crippen LogP contribution >= 0.6 is 11.6 Å². The molecule has 0 saturated carbocycles. The van der Waals surface area contributed by atoms with E-state index in [-0.39, 0.29) is 16.5 Å². The molecule has 1 rings (SSSR count). The second-order valence-electron chi connectivity index (χ2n) is 5.63. The van der Waals surface area contributed by atoms with Crippen molar-refractivity contribution in [1.82, 2.24) is 0 Å². The number of rotatable bonds is 5. The van der Waals surface area contributed by atoms with Gasteiger partial charge in [-0.15, -0.1) is 11.6 Å².